The molecule has 0 aromatic carbocycles. The summed E-state index contributed by atoms with van der Waals surface area (Å²) in [6.07, 6.45) is 9.17. The van der Waals surface area contributed by atoms with Crippen molar-refractivity contribution in [1.29, 1.82) is 0 Å². The van der Waals surface area contributed by atoms with Crippen LogP contribution in [0.15, 0.2) is 0 Å². The van der Waals surface area contributed by atoms with Gasteiger partial charge >= 0.3 is 0 Å². The lowest BCUT2D eigenvalue weighted by atomic mass is 9.97. The first-order chi connectivity index (χ1) is 11.2. The molecule has 0 spiro atoms. The molecule has 1 N–H and O–H groups in total. The molecule has 1 unspecified atom stereocenters. The van der Waals surface area contributed by atoms with Gasteiger partial charge in [0.05, 0.1) is 5.92 Å². The second-order valence-electron chi connectivity index (χ2n) is 7.44. The highest BCUT2D eigenvalue weighted by Gasteiger charge is 2.29. The Balaban J connectivity index is 0.00000208. The summed E-state index contributed by atoms with van der Waals surface area (Å²) < 4.78 is 0. The molecule has 1 aliphatic carbocycles. The van der Waals surface area contributed by atoms with Crippen LogP contribution in [0.2, 0.25) is 0 Å². The van der Waals surface area contributed by atoms with E-state index in [-0.39, 0.29) is 24.2 Å². The summed E-state index contributed by atoms with van der Waals surface area (Å²) in [5, 5.41) is 3.31. The van der Waals surface area contributed by atoms with Gasteiger partial charge in [-0.25, -0.2) is 0 Å². The van der Waals surface area contributed by atoms with E-state index < -0.39 is 0 Å². The van der Waals surface area contributed by atoms with Gasteiger partial charge in [-0.15, -0.1) is 12.4 Å². The average molecular weight is 358 g/mol. The van der Waals surface area contributed by atoms with Crippen molar-refractivity contribution in [2.24, 2.45) is 11.8 Å². The number of carbonyl (C=O) groups is 2. The van der Waals surface area contributed by atoms with Crippen LogP contribution in [0.5, 0.6) is 0 Å². The molecule has 3 aliphatic rings. The predicted octanol–water partition coefficient (Wildman–Crippen LogP) is 2.05. The fourth-order valence-corrected chi connectivity index (χ4v) is 4.28. The highest BCUT2D eigenvalue weighted by molar-refractivity contribution is 5.85. The van der Waals surface area contributed by atoms with Gasteiger partial charge in [0.25, 0.3) is 0 Å². The van der Waals surface area contributed by atoms with Crippen molar-refractivity contribution in [3.05, 3.63) is 0 Å². The minimum atomic E-state index is 0. The maximum Gasteiger partial charge on any atom is 0.227 e. The van der Waals surface area contributed by atoms with E-state index in [1.807, 2.05) is 9.80 Å². The van der Waals surface area contributed by atoms with Gasteiger partial charge in [0.2, 0.25) is 11.8 Å². The van der Waals surface area contributed by atoms with Crippen LogP contribution in [0, 0.1) is 11.8 Å². The van der Waals surface area contributed by atoms with Crippen LogP contribution in [-0.4, -0.2) is 60.9 Å². The van der Waals surface area contributed by atoms with Crippen molar-refractivity contribution < 1.29 is 9.59 Å². The summed E-state index contributed by atoms with van der Waals surface area (Å²) in [5.74, 6) is 1.51. The van der Waals surface area contributed by atoms with E-state index in [0.29, 0.717) is 25.4 Å². The number of carbonyl (C=O) groups excluding carboxylic acids is 2. The zero-order valence-electron chi connectivity index (χ0n) is 14.7. The van der Waals surface area contributed by atoms with E-state index >= 15 is 0 Å². The van der Waals surface area contributed by atoms with Crippen molar-refractivity contribution in [2.75, 3.05) is 39.3 Å². The monoisotopic (exact) mass is 357 g/mol. The van der Waals surface area contributed by atoms with Gasteiger partial charge in [0.15, 0.2) is 0 Å². The molecule has 2 saturated heterocycles. The molecule has 2 heterocycles. The molecule has 3 fully saturated rings. The van der Waals surface area contributed by atoms with E-state index in [1.165, 1.54) is 25.7 Å². The zero-order chi connectivity index (χ0) is 16.1. The molecule has 138 valence electrons. The van der Waals surface area contributed by atoms with Crippen LogP contribution in [0.3, 0.4) is 0 Å². The number of hydrogen-bond donors (Lipinski definition) is 1. The van der Waals surface area contributed by atoms with E-state index in [2.05, 4.69) is 5.32 Å². The lowest BCUT2D eigenvalue weighted by Crippen LogP contribution is -2.53. The first-order valence-corrected chi connectivity index (χ1v) is 9.51. The molecule has 5 nitrogen and oxygen atoms in total. The highest BCUT2D eigenvalue weighted by Crippen LogP contribution is 2.28. The molecule has 1 saturated carbocycles. The molecular formula is C18H32ClN3O2. The quantitative estimate of drug-likeness (QED) is 0.837. The SMILES string of the molecule is Cl.O=C(CCC1CCCC1)N1CCN(C(=O)C2CCCNC2)CC1. The Hall–Kier alpha value is -0.810. The van der Waals surface area contributed by atoms with Crippen LogP contribution in [0.1, 0.15) is 51.4 Å². The number of piperazine rings is 1. The van der Waals surface area contributed by atoms with Crippen molar-refractivity contribution in [3.8, 4) is 0 Å². The molecule has 24 heavy (non-hydrogen) atoms. The molecule has 1 atom stereocenters. The molecule has 2 aliphatic heterocycles. The fourth-order valence-electron chi connectivity index (χ4n) is 4.28. The van der Waals surface area contributed by atoms with Gasteiger partial charge in [-0.3, -0.25) is 9.59 Å². The van der Waals surface area contributed by atoms with Gasteiger partial charge in [0.1, 0.15) is 0 Å². The number of piperidine rings is 1. The predicted molar refractivity (Wildman–Crippen MR) is 97.2 cm³/mol. The molecule has 0 aromatic heterocycles. The average Bonchev–Trinajstić information content (AvgIpc) is 3.13. The van der Waals surface area contributed by atoms with E-state index in [0.717, 1.165) is 51.4 Å². The smallest absolute Gasteiger partial charge is 0.227 e. The fraction of sp³-hybridized carbons (Fsp3) is 0.889. The molecule has 0 aromatic rings. The lowest BCUT2D eigenvalue weighted by Gasteiger charge is -2.37. The van der Waals surface area contributed by atoms with E-state index in [1.54, 1.807) is 0 Å². The summed E-state index contributed by atoms with van der Waals surface area (Å²) in [7, 11) is 0. The van der Waals surface area contributed by atoms with Crippen LogP contribution in [0.4, 0.5) is 0 Å². The van der Waals surface area contributed by atoms with Gasteiger partial charge < -0.3 is 15.1 Å². The van der Waals surface area contributed by atoms with E-state index in [4.69, 9.17) is 0 Å². The van der Waals surface area contributed by atoms with Crippen LogP contribution < -0.4 is 5.32 Å². The van der Waals surface area contributed by atoms with E-state index in [9.17, 15) is 9.59 Å². The van der Waals surface area contributed by atoms with Crippen molar-refractivity contribution in [1.82, 2.24) is 15.1 Å². The Morgan fingerprint density at radius 3 is 2.21 bits per heavy atom. The summed E-state index contributed by atoms with van der Waals surface area (Å²) in [6, 6.07) is 0. The molecule has 0 radical (unpaired) electrons. The highest BCUT2D eigenvalue weighted by atomic mass is 35.5. The van der Waals surface area contributed by atoms with Crippen molar-refractivity contribution >= 4 is 24.2 Å². The van der Waals surface area contributed by atoms with Crippen LogP contribution in [-0.2, 0) is 9.59 Å². The number of nitrogens with one attached hydrogen (secondary N) is 1. The van der Waals surface area contributed by atoms with Crippen molar-refractivity contribution in [3.63, 3.8) is 0 Å². The Bertz CT molecular complexity index is 412. The summed E-state index contributed by atoms with van der Waals surface area (Å²) in [6.45, 7) is 4.71. The number of hydrogen-bond acceptors (Lipinski definition) is 3. The Labute approximate surface area is 151 Å². The number of rotatable bonds is 4. The molecule has 6 heteroatoms. The molecule has 2 amide bonds. The summed E-state index contributed by atoms with van der Waals surface area (Å²) in [5.41, 5.74) is 0. The molecule has 3 rings (SSSR count). The largest absolute Gasteiger partial charge is 0.339 e. The Kier molecular flexibility index (Phi) is 7.82. The number of nitrogens with zero attached hydrogens (tertiary/aromatic N) is 2. The first kappa shape index (κ1) is 19.5. The number of amides is 2. The van der Waals surface area contributed by atoms with Gasteiger partial charge in [-0.2, -0.15) is 0 Å². The minimum absolute atomic E-state index is 0. The lowest BCUT2D eigenvalue weighted by molar-refractivity contribution is -0.142. The zero-order valence-corrected chi connectivity index (χ0v) is 15.5. The van der Waals surface area contributed by atoms with Gasteiger partial charge in [-0.1, -0.05) is 25.7 Å². The molecule has 0 bridgehead atoms. The minimum Gasteiger partial charge on any atom is -0.339 e. The molecular weight excluding hydrogens is 326 g/mol. The Morgan fingerprint density at radius 2 is 1.58 bits per heavy atom. The number of halogens is 1. The standard InChI is InChI=1S/C18H31N3O2.ClH/c22-17(8-7-15-4-1-2-5-15)20-10-12-21(13-11-20)18(23)16-6-3-9-19-14-16;/h15-16,19H,1-14H2;1H. The third-order valence-electron chi connectivity index (χ3n) is 5.83. The van der Waals surface area contributed by atoms with Crippen LogP contribution >= 0.6 is 12.4 Å². The van der Waals surface area contributed by atoms with Gasteiger partial charge in [0, 0.05) is 39.1 Å². The first-order valence-electron chi connectivity index (χ1n) is 9.51. The Morgan fingerprint density at radius 1 is 0.917 bits per heavy atom. The summed E-state index contributed by atoms with van der Waals surface area (Å²) >= 11 is 0. The normalized spacial score (nSPS) is 25.4. The third kappa shape index (κ3) is 5.09. The second kappa shape index (κ2) is 9.62. The maximum absolute atomic E-state index is 12.5. The van der Waals surface area contributed by atoms with Gasteiger partial charge in [-0.05, 0) is 31.7 Å². The summed E-state index contributed by atoms with van der Waals surface area (Å²) in [4.78, 5) is 28.8. The maximum atomic E-state index is 12.5. The van der Waals surface area contributed by atoms with Crippen molar-refractivity contribution in [2.45, 2.75) is 51.4 Å². The second-order valence-corrected chi connectivity index (χ2v) is 7.44. The topological polar surface area (TPSA) is 52.7 Å². The third-order valence-corrected chi connectivity index (χ3v) is 5.83. The van der Waals surface area contributed by atoms with Crippen LogP contribution in [0.25, 0.3) is 0 Å².